The summed E-state index contributed by atoms with van der Waals surface area (Å²) in [6.07, 6.45) is 0.576. The Bertz CT molecular complexity index is 813. The van der Waals surface area contributed by atoms with Crippen molar-refractivity contribution in [2.24, 2.45) is 0 Å². The van der Waals surface area contributed by atoms with E-state index < -0.39 is 17.8 Å². The fourth-order valence-electron chi connectivity index (χ4n) is 2.81. The maximum atomic E-state index is 13.5. The Balaban J connectivity index is 2.03. The van der Waals surface area contributed by atoms with Gasteiger partial charge in [-0.2, -0.15) is 0 Å². The van der Waals surface area contributed by atoms with Crippen molar-refractivity contribution >= 4 is 34.8 Å². The highest BCUT2D eigenvalue weighted by Crippen LogP contribution is 2.33. The van der Waals surface area contributed by atoms with E-state index in [1.54, 1.807) is 28.6 Å². The zero-order valence-electron chi connectivity index (χ0n) is 13.0. The van der Waals surface area contributed by atoms with Gasteiger partial charge in [-0.05, 0) is 48.9 Å². The Morgan fingerprint density at radius 3 is 2.48 bits per heavy atom. The first kappa shape index (κ1) is 17.2. The molecule has 0 aromatic heterocycles. The van der Waals surface area contributed by atoms with Crippen molar-refractivity contribution in [2.45, 2.75) is 12.5 Å². The fourth-order valence-corrected chi connectivity index (χ4v) is 2.98. The van der Waals surface area contributed by atoms with Gasteiger partial charge in [0.25, 0.3) is 5.91 Å². The van der Waals surface area contributed by atoms with Crippen LogP contribution in [0.2, 0.25) is 5.02 Å². The molecule has 1 atom stereocenters. The second-order valence-corrected chi connectivity index (χ2v) is 5.96. The molecular weight excluding hydrogens is 349 g/mol. The van der Waals surface area contributed by atoms with Crippen LogP contribution in [-0.4, -0.2) is 29.6 Å². The topological polar surface area (TPSA) is 81.7 Å². The lowest BCUT2D eigenvalue weighted by molar-refractivity contribution is -0.120. The largest absolute Gasteiger partial charge is 0.354 e. The summed E-state index contributed by atoms with van der Waals surface area (Å²) in [5, 5.41) is 11.4. The van der Waals surface area contributed by atoms with Gasteiger partial charge >= 0.3 is 0 Å². The van der Waals surface area contributed by atoms with Crippen LogP contribution in [0, 0.1) is 5.82 Å². The summed E-state index contributed by atoms with van der Waals surface area (Å²) in [5.74, 6) is -1.32. The molecule has 0 saturated carbocycles. The van der Waals surface area contributed by atoms with Crippen molar-refractivity contribution in [3.63, 3.8) is 0 Å². The number of hydroxylamine groups is 1. The number of amides is 2. The van der Waals surface area contributed by atoms with E-state index in [4.69, 9.17) is 16.8 Å². The molecule has 8 heteroatoms. The second-order valence-electron chi connectivity index (χ2n) is 5.55. The number of hydrogen-bond donors (Lipinski definition) is 3. The van der Waals surface area contributed by atoms with Crippen molar-refractivity contribution in [3.8, 4) is 0 Å². The molecule has 3 N–H and O–H groups in total. The number of anilines is 2. The molecule has 1 aliphatic heterocycles. The monoisotopic (exact) mass is 363 g/mol. The van der Waals surface area contributed by atoms with Crippen LogP contribution < -0.4 is 15.7 Å². The van der Waals surface area contributed by atoms with Crippen molar-refractivity contribution < 1.29 is 19.2 Å². The minimum Gasteiger partial charge on any atom is -0.354 e. The quantitative estimate of drug-likeness (QED) is 0.576. The van der Waals surface area contributed by atoms with E-state index in [0.717, 1.165) is 0 Å². The highest BCUT2D eigenvalue weighted by molar-refractivity contribution is 6.31. The van der Waals surface area contributed by atoms with Gasteiger partial charge in [0.15, 0.2) is 0 Å². The molecule has 1 heterocycles. The van der Waals surface area contributed by atoms with Gasteiger partial charge in [-0.1, -0.05) is 11.6 Å². The van der Waals surface area contributed by atoms with Crippen molar-refractivity contribution in [1.82, 2.24) is 10.8 Å². The van der Waals surface area contributed by atoms with E-state index in [2.05, 4.69) is 5.32 Å². The molecule has 25 heavy (non-hydrogen) atoms. The normalized spacial score (nSPS) is 16.4. The van der Waals surface area contributed by atoms with Gasteiger partial charge in [-0.15, -0.1) is 0 Å². The van der Waals surface area contributed by atoms with Crippen LogP contribution in [0.5, 0.6) is 0 Å². The predicted octanol–water partition coefficient (Wildman–Crippen LogP) is 2.62. The summed E-state index contributed by atoms with van der Waals surface area (Å²) in [4.78, 5) is 25.4. The summed E-state index contributed by atoms with van der Waals surface area (Å²) < 4.78 is 13.5. The lowest BCUT2D eigenvalue weighted by atomic mass is 10.1. The van der Waals surface area contributed by atoms with Crippen LogP contribution in [0.25, 0.3) is 0 Å². The Morgan fingerprint density at radius 2 is 1.92 bits per heavy atom. The number of benzene rings is 2. The summed E-state index contributed by atoms with van der Waals surface area (Å²) in [5.41, 5.74) is 3.03. The van der Waals surface area contributed by atoms with Gasteiger partial charge in [0.05, 0.1) is 5.02 Å². The maximum Gasteiger partial charge on any atom is 0.274 e. The molecular formula is C17H15ClFN3O3. The average Bonchev–Trinajstić information content (AvgIpc) is 3.04. The van der Waals surface area contributed by atoms with E-state index in [0.29, 0.717) is 24.3 Å². The van der Waals surface area contributed by atoms with E-state index in [1.165, 1.54) is 24.3 Å². The predicted molar refractivity (Wildman–Crippen MR) is 90.7 cm³/mol. The molecule has 6 nitrogen and oxygen atoms in total. The van der Waals surface area contributed by atoms with Crippen molar-refractivity contribution in [1.29, 1.82) is 0 Å². The van der Waals surface area contributed by atoms with Crippen LogP contribution in [0.15, 0.2) is 42.5 Å². The van der Waals surface area contributed by atoms with Crippen LogP contribution >= 0.6 is 11.6 Å². The minimum absolute atomic E-state index is 0.0443. The third kappa shape index (κ3) is 3.42. The van der Waals surface area contributed by atoms with Gasteiger partial charge in [0.2, 0.25) is 5.91 Å². The SMILES string of the molecule is O=C(NO)c1ccc(N(c2ccc(F)c(Cl)c2)C2CCNC2=O)cc1. The number of hydrogen-bond acceptors (Lipinski definition) is 4. The lowest BCUT2D eigenvalue weighted by Gasteiger charge is -2.30. The molecule has 2 aromatic rings. The molecule has 1 fully saturated rings. The summed E-state index contributed by atoms with van der Waals surface area (Å²) in [6, 6.07) is 10.1. The minimum atomic E-state index is -0.637. The number of nitrogens with one attached hydrogen (secondary N) is 2. The third-order valence-electron chi connectivity index (χ3n) is 4.02. The van der Waals surface area contributed by atoms with Crippen molar-refractivity contribution in [3.05, 3.63) is 58.9 Å². The number of carbonyl (C=O) groups is 2. The molecule has 1 unspecified atom stereocenters. The van der Waals surface area contributed by atoms with Gasteiger partial charge in [-0.3, -0.25) is 14.8 Å². The first-order chi connectivity index (χ1) is 12.0. The number of carbonyl (C=O) groups excluding carboxylic acids is 2. The molecule has 1 aliphatic rings. The van der Waals surface area contributed by atoms with Crippen LogP contribution in [-0.2, 0) is 4.79 Å². The highest BCUT2D eigenvalue weighted by Gasteiger charge is 2.32. The van der Waals surface area contributed by atoms with Gasteiger partial charge < -0.3 is 10.2 Å². The Kier molecular flexibility index (Phi) is 4.87. The molecule has 0 radical (unpaired) electrons. The second kappa shape index (κ2) is 7.08. The summed E-state index contributed by atoms with van der Waals surface area (Å²) >= 11 is 5.89. The third-order valence-corrected chi connectivity index (χ3v) is 4.31. The van der Waals surface area contributed by atoms with E-state index in [9.17, 15) is 14.0 Å². The zero-order chi connectivity index (χ0) is 18.0. The molecule has 1 saturated heterocycles. The van der Waals surface area contributed by atoms with E-state index in [1.807, 2.05) is 0 Å². The van der Waals surface area contributed by atoms with Gasteiger partial charge in [0, 0.05) is 23.5 Å². The Labute approximate surface area is 148 Å². The molecule has 130 valence electrons. The maximum absolute atomic E-state index is 13.5. The molecule has 2 aromatic carbocycles. The van der Waals surface area contributed by atoms with E-state index >= 15 is 0 Å². The highest BCUT2D eigenvalue weighted by atomic mass is 35.5. The van der Waals surface area contributed by atoms with Crippen LogP contribution in [0.1, 0.15) is 16.8 Å². The van der Waals surface area contributed by atoms with E-state index in [-0.39, 0.29) is 16.5 Å². The standard InChI is InChI=1S/C17H15ClFN3O3/c18-13-9-12(5-6-14(13)19)22(15-7-8-20-17(15)24)11-3-1-10(2-4-11)16(23)21-25/h1-6,9,15,25H,7-8H2,(H,20,24)(H,21,23). The summed E-state index contributed by atoms with van der Waals surface area (Å²) in [7, 11) is 0. The zero-order valence-corrected chi connectivity index (χ0v) is 13.8. The van der Waals surface area contributed by atoms with Crippen LogP contribution in [0.3, 0.4) is 0 Å². The number of nitrogens with zero attached hydrogens (tertiary/aromatic N) is 1. The summed E-state index contributed by atoms with van der Waals surface area (Å²) in [6.45, 7) is 0.542. The molecule has 3 rings (SSSR count). The number of halogens is 2. The van der Waals surface area contributed by atoms with Gasteiger partial charge in [-0.25, -0.2) is 9.87 Å². The first-order valence-corrected chi connectivity index (χ1v) is 7.95. The smallest absolute Gasteiger partial charge is 0.274 e. The molecule has 0 bridgehead atoms. The molecule has 0 aliphatic carbocycles. The van der Waals surface area contributed by atoms with Crippen molar-refractivity contribution in [2.75, 3.05) is 11.4 Å². The Hall–Kier alpha value is -2.64. The average molecular weight is 364 g/mol. The molecule has 0 spiro atoms. The fraction of sp³-hybridized carbons (Fsp3) is 0.176. The number of rotatable bonds is 4. The molecule has 2 amide bonds. The lowest BCUT2D eigenvalue weighted by Crippen LogP contribution is -2.37. The Morgan fingerprint density at radius 1 is 1.24 bits per heavy atom. The van der Waals surface area contributed by atoms with Crippen LogP contribution in [0.4, 0.5) is 15.8 Å². The van der Waals surface area contributed by atoms with Gasteiger partial charge in [0.1, 0.15) is 11.9 Å². The first-order valence-electron chi connectivity index (χ1n) is 7.58.